The Labute approximate surface area is 125 Å². The second-order valence-electron chi connectivity index (χ2n) is 6.96. The second kappa shape index (κ2) is 5.25. The van der Waals surface area contributed by atoms with Crippen molar-refractivity contribution in [2.24, 2.45) is 16.6 Å². The van der Waals surface area contributed by atoms with E-state index in [-0.39, 0.29) is 18.6 Å². The maximum Gasteiger partial charge on any atom is 0.311 e. The number of amides is 1. The third-order valence-electron chi connectivity index (χ3n) is 5.59. The molecule has 2 unspecified atom stereocenters. The molecule has 0 spiro atoms. The van der Waals surface area contributed by atoms with E-state index >= 15 is 0 Å². The minimum atomic E-state index is -0.990. The van der Waals surface area contributed by atoms with Crippen LogP contribution in [0.4, 0.5) is 0 Å². The Kier molecular flexibility index (Phi) is 4.06. The molecule has 2 saturated carbocycles. The van der Waals surface area contributed by atoms with E-state index in [0.717, 1.165) is 6.42 Å². The summed E-state index contributed by atoms with van der Waals surface area (Å²) >= 11 is 0. The molecular weight excluding hydrogens is 272 g/mol. The number of nitrogens with two attached hydrogens (primary N) is 1. The Balaban J connectivity index is 1.96. The van der Waals surface area contributed by atoms with Crippen LogP contribution in [0.15, 0.2) is 0 Å². The number of carboxylic acids is 1. The van der Waals surface area contributed by atoms with Crippen molar-refractivity contribution in [2.75, 3.05) is 13.2 Å². The molecule has 120 valence electrons. The number of carbonyl (C=O) groups is 2. The minimum Gasteiger partial charge on any atom is -0.481 e. The Bertz CT molecular complexity index is 445. The molecule has 0 bridgehead atoms. The first-order valence-corrected chi connectivity index (χ1v) is 7.62. The molecule has 2 rings (SSSR count). The van der Waals surface area contributed by atoms with E-state index in [1.165, 1.54) is 0 Å². The third kappa shape index (κ3) is 2.34. The summed E-state index contributed by atoms with van der Waals surface area (Å²) in [6, 6.07) is 0. The first-order chi connectivity index (χ1) is 9.69. The average Bonchev–Trinajstić information content (AvgIpc) is 2.36. The number of hydrogen-bond donors (Lipinski definition) is 3. The highest BCUT2D eigenvalue weighted by Crippen LogP contribution is 2.50. The Morgan fingerprint density at radius 1 is 1.38 bits per heavy atom. The van der Waals surface area contributed by atoms with Crippen LogP contribution in [0.3, 0.4) is 0 Å². The van der Waals surface area contributed by atoms with Crippen LogP contribution in [0, 0.1) is 10.8 Å². The smallest absolute Gasteiger partial charge is 0.311 e. The molecule has 0 heterocycles. The summed E-state index contributed by atoms with van der Waals surface area (Å²) in [5.74, 6) is -1.10. The predicted molar refractivity (Wildman–Crippen MR) is 77.7 cm³/mol. The third-order valence-corrected chi connectivity index (χ3v) is 5.59. The van der Waals surface area contributed by atoms with Crippen LogP contribution in [0.1, 0.15) is 46.5 Å². The summed E-state index contributed by atoms with van der Waals surface area (Å²) in [6.07, 6.45) is 2.57. The molecule has 2 atom stereocenters. The molecule has 0 radical (unpaired) electrons. The van der Waals surface area contributed by atoms with Crippen LogP contribution in [-0.4, -0.2) is 41.8 Å². The zero-order valence-electron chi connectivity index (χ0n) is 13.1. The number of carbonyl (C=O) groups excluding carboxylic acids is 1. The van der Waals surface area contributed by atoms with Crippen LogP contribution < -0.4 is 11.1 Å². The minimum absolute atomic E-state index is 0.0320. The molecular formula is C15H26N2O4. The molecule has 2 fully saturated rings. The highest BCUT2D eigenvalue weighted by molar-refractivity contribution is 5.89. The van der Waals surface area contributed by atoms with E-state index in [2.05, 4.69) is 5.32 Å². The van der Waals surface area contributed by atoms with Gasteiger partial charge in [-0.15, -0.1) is 0 Å². The second-order valence-corrected chi connectivity index (χ2v) is 6.96. The van der Waals surface area contributed by atoms with Crippen LogP contribution in [-0.2, 0) is 14.3 Å². The summed E-state index contributed by atoms with van der Waals surface area (Å²) in [4.78, 5) is 23.7. The van der Waals surface area contributed by atoms with Gasteiger partial charge in [0.15, 0.2) is 0 Å². The SMILES string of the molecule is CCOC1CC(N)(C(=O)NCC2(C(=O)O)CCC2)C1(C)C. The lowest BCUT2D eigenvalue weighted by molar-refractivity contribution is -0.172. The fourth-order valence-corrected chi connectivity index (χ4v) is 3.30. The van der Waals surface area contributed by atoms with E-state index in [9.17, 15) is 14.7 Å². The molecule has 21 heavy (non-hydrogen) atoms. The van der Waals surface area contributed by atoms with E-state index in [1.54, 1.807) is 0 Å². The van der Waals surface area contributed by atoms with Gasteiger partial charge >= 0.3 is 5.97 Å². The summed E-state index contributed by atoms with van der Waals surface area (Å²) in [6.45, 7) is 6.52. The Hall–Kier alpha value is -1.14. The molecule has 4 N–H and O–H groups in total. The van der Waals surface area contributed by atoms with Gasteiger partial charge in [0.05, 0.1) is 11.5 Å². The quantitative estimate of drug-likeness (QED) is 0.676. The highest BCUT2D eigenvalue weighted by atomic mass is 16.5. The number of rotatable bonds is 6. The van der Waals surface area contributed by atoms with Crippen molar-refractivity contribution < 1.29 is 19.4 Å². The van der Waals surface area contributed by atoms with Crippen molar-refractivity contribution in [3.8, 4) is 0 Å². The maximum absolute atomic E-state index is 12.4. The molecule has 0 aliphatic heterocycles. The van der Waals surface area contributed by atoms with Crippen molar-refractivity contribution in [3.05, 3.63) is 0 Å². The first-order valence-electron chi connectivity index (χ1n) is 7.62. The fourth-order valence-electron chi connectivity index (χ4n) is 3.30. The molecule has 0 aromatic carbocycles. The van der Waals surface area contributed by atoms with E-state index in [4.69, 9.17) is 10.5 Å². The molecule has 6 heteroatoms. The Morgan fingerprint density at radius 3 is 2.38 bits per heavy atom. The van der Waals surface area contributed by atoms with Crippen molar-refractivity contribution >= 4 is 11.9 Å². The van der Waals surface area contributed by atoms with Gasteiger partial charge in [0, 0.05) is 25.0 Å². The zero-order chi connectivity index (χ0) is 15.9. The lowest BCUT2D eigenvalue weighted by atomic mass is 9.54. The topological polar surface area (TPSA) is 102 Å². The fraction of sp³-hybridized carbons (Fsp3) is 0.867. The van der Waals surface area contributed by atoms with Crippen molar-refractivity contribution in [1.29, 1.82) is 0 Å². The van der Waals surface area contributed by atoms with Crippen LogP contribution in [0.5, 0.6) is 0 Å². The monoisotopic (exact) mass is 298 g/mol. The average molecular weight is 298 g/mol. The van der Waals surface area contributed by atoms with E-state index < -0.39 is 22.3 Å². The Morgan fingerprint density at radius 2 is 2.00 bits per heavy atom. The van der Waals surface area contributed by atoms with Crippen LogP contribution >= 0.6 is 0 Å². The highest BCUT2D eigenvalue weighted by Gasteiger charge is 2.63. The maximum atomic E-state index is 12.4. The van der Waals surface area contributed by atoms with E-state index in [1.807, 2.05) is 20.8 Å². The number of hydrogen-bond acceptors (Lipinski definition) is 4. The number of carboxylic acid groups (broad SMARTS) is 1. The number of aliphatic carboxylic acids is 1. The standard InChI is InChI=1S/C15H26N2O4/c1-4-21-10-8-15(16,13(10,2)3)11(18)17-9-14(12(19)20)6-5-7-14/h10H,4-9,16H2,1-3H3,(H,17,18)(H,19,20). The van der Waals surface area contributed by atoms with Crippen molar-refractivity contribution in [3.63, 3.8) is 0 Å². The van der Waals surface area contributed by atoms with Gasteiger partial charge in [-0.05, 0) is 19.8 Å². The van der Waals surface area contributed by atoms with Gasteiger partial charge in [0.2, 0.25) is 5.91 Å². The largest absolute Gasteiger partial charge is 0.481 e. The normalized spacial score (nSPS) is 32.7. The van der Waals surface area contributed by atoms with Gasteiger partial charge in [0.25, 0.3) is 0 Å². The molecule has 1 amide bonds. The lowest BCUT2D eigenvalue weighted by Crippen LogP contribution is -2.76. The van der Waals surface area contributed by atoms with Gasteiger partial charge < -0.3 is 20.9 Å². The van der Waals surface area contributed by atoms with Gasteiger partial charge in [0.1, 0.15) is 5.54 Å². The molecule has 0 saturated heterocycles. The van der Waals surface area contributed by atoms with Gasteiger partial charge in [-0.2, -0.15) is 0 Å². The summed E-state index contributed by atoms with van der Waals surface area (Å²) < 4.78 is 5.60. The summed E-state index contributed by atoms with van der Waals surface area (Å²) in [5, 5.41) is 12.0. The zero-order valence-corrected chi connectivity index (χ0v) is 13.1. The number of ether oxygens (including phenoxy) is 1. The molecule has 6 nitrogen and oxygen atoms in total. The van der Waals surface area contributed by atoms with Gasteiger partial charge in [-0.3, -0.25) is 9.59 Å². The number of nitrogens with one attached hydrogen (secondary N) is 1. The molecule has 0 aromatic heterocycles. The summed E-state index contributed by atoms with van der Waals surface area (Å²) in [5.41, 5.74) is 4.03. The van der Waals surface area contributed by atoms with Gasteiger partial charge in [-0.1, -0.05) is 20.3 Å². The first kappa shape index (κ1) is 16.2. The van der Waals surface area contributed by atoms with Gasteiger partial charge in [-0.25, -0.2) is 0 Å². The van der Waals surface area contributed by atoms with Crippen LogP contribution in [0.25, 0.3) is 0 Å². The molecule has 2 aliphatic carbocycles. The summed E-state index contributed by atoms with van der Waals surface area (Å²) in [7, 11) is 0. The van der Waals surface area contributed by atoms with Crippen LogP contribution in [0.2, 0.25) is 0 Å². The predicted octanol–water partition coefficient (Wildman–Crippen LogP) is 0.890. The van der Waals surface area contributed by atoms with E-state index in [0.29, 0.717) is 25.9 Å². The lowest BCUT2D eigenvalue weighted by Gasteiger charge is -2.57. The van der Waals surface area contributed by atoms with Crippen molar-refractivity contribution in [1.82, 2.24) is 5.32 Å². The molecule has 2 aliphatic rings. The molecule has 0 aromatic rings. The van der Waals surface area contributed by atoms with Crippen molar-refractivity contribution in [2.45, 2.75) is 58.1 Å².